The van der Waals surface area contributed by atoms with Gasteiger partial charge in [-0.05, 0) is 43.4 Å². The van der Waals surface area contributed by atoms with Crippen LogP contribution in [0.2, 0.25) is 0 Å². The van der Waals surface area contributed by atoms with Crippen molar-refractivity contribution in [3.8, 4) is 0 Å². The molecule has 3 unspecified atom stereocenters. The molecule has 10 nitrogen and oxygen atoms in total. The first-order valence-corrected chi connectivity index (χ1v) is 13.4. The van der Waals surface area contributed by atoms with E-state index < -0.39 is 47.5 Å². The summed E-state index contributed by atoms with van der Waals surface area (Å²) in [6, 6.07) is 9.20. The van der Waals surface area contributed by atoms with Crippen LogP contribution in [-0.4, -0.2) is 58.6 Å². The second-order valence-corrected chi connectivity index (χ2v) is 10.2. The summed E-state index contributed by atoms with van der Waals surface area (Å²) >= 11 is 0. The molecule has 4 amide bonds. The van der Waals surface area contributed by atoms with Crippen molar-refractivity contribution in [1.29, 1.82) is 0 Å². The van der Waals surface area contributed by atoms with Gasteiger partial charge in [0.05, 0.1) is 6.04 Å². The van der Waals surface area contributed by atoms with Gasteiger partial charge in [0.15, 0.2) is 0 Å². The molecule has 3 atom stereocenters. The lowest BCUT2D eigenvalue weighted by Gasteiger charge is -2.25. The lowest BCUT2D eigenvalue weighted by atomic mass is 9.98. The van der Waals surface area contributed by atoms with E-state index in [9.17, 15) is 24.0 Å². The van der Waals surface area contributed by atoms with E-state index in [1.807, 2.05) is 30.3 Å². The van der Waals surface area contributed by atoms with Crippen LogP contribution >= 0.6 is 0 Å². The van der Waals surface area contributed by atoms with E-state index in [1.165, 1.54) is 31.5 Å². The average molecular weight is 536 g/mol. The van der Waals surface area contributed by atoms with Crippen molar-refractivity contribution >= 4 is 29.4 Å². The number of rotatable bonds is 12. The van der Waals surface area contributed by atoms with Gasteiger partial charge in [0.25, 0.3) is 11.8 Å². The van der Waals surface area contributed by atoms with Crippen molar-refractivity contribution in [2.24, 2.45) is 5.92 Å². The van der Waals surface area contributed by atoms with Gasteiger partial charge in [-0.15, -0.1) is 0 Å². The molecule has 0 radical (unpaired) electrons. The predicted molar refractivity (Wildman–Crippen MR) is 145 cm³/mol. The average Bonchev–Trinajstić information content (AvgIpc) is 3.44. The van der Waals surface area contributed by atoms with Crippen molar-refractivity contribution in [3.63, 3.8) is 0 Å². The molecule has 39 heavy (non-hydrogen) atoms. The summed E-state index contributed by atoms with van der Waals surface area (Å²) in [5, 5.41) is 10.8. The maximum absolute atomic E-state index is 13.2. The van der Waals surface area contributed by atoms with E-state index in [-0.39, 0.29) is 18.4 Å². The Morgan fingerprint density at radius 1 is 0.846 bits per heavy atom. The molecule has 1 aliphatic carbocycles. The first-order chi connectivity index (χ1) is 18.7. The fraction of sp³-hybridized carbons (Fsp3) is 0.448. The highest BCUT2D eigenvalue weighted by molar-refractivity contribution is 6.38. The van der Waals surface area contributed by atoms with Crippen LogP contribution < -0.4 is 21.3 Å². The number of ketones is 1. The molecule has 0 spiro atoms. The number of nitrogens with one attached hydrogen (secondary N) is 4. The van der Waals surface area contributed by atoms with Gasteiger partial charge < -0.3 is 21.3 Å². The van der Waals surface area contributed by atoms with Gasteiger partial charge in [-0.1, -0.05) is 57.0 Å². The summed E-state index contributed by atoms with van der Waals surface area (Å²) in [5.41, 5.74) is 1.17. The fourth-order valence-electron chi connectivity index (χ4n) is 4.46. The van der Waals surface area contributed by atoms with Crippen LogP contribution in [0.4, 0.5) is 0 Å². The Morgan fingerprint density at radius 2 is 1.49 bits per heavy atom. The standard InChI is InChI=1S/C29H37N5O5/c1-18(2)24(25(35)29(39)32-22-11-7-8-12-22)34-26(36)19(3)31-28(38)23(17-20-9-5-4-6-10-20)33-27(37)21-13-15-30-16-14-21/h4-6,9-10,13-16,18-19,22-24H,7-8,11-12,17H2,1-3H3,(H,31,38)(H,32,39)(H,33,37)(H,34,36). The minimum absolute atomic E-state index is 0.0212. The zero-order chi connectivity index (χ0) is 28.4. The van der Waals surface area contributed by atoms with Crippen LogP contribution in [0, 0.1) is 5.92 Å². The van der Waals surface area contributed by atoms with Crippen LogP contribution in [-0.2, 0) is 25.6 Å². The highest BCUT2D eigenvalue weighted by Gasteiger charge is 2.33. The van der Waals surface area contributed by atoms with E-state index in [0.29, 0.717) is 5.56 Å². The van der Waals surface area contributed by atoms with Gasteiger partial charge >= 0.3 is 0 Å². The number of carbonyl (C=O) groups excluding carboxylic acids is 5. The van der Waals surface area contributed by atoms with Crippen molar-refractivity contribution in [2.45, 2.75) is 77.0 Å². The summed E-state index contributed by atoms with van der Waals surface area (Å²) in [4.78, 5) is 68.3. The number of carbonyl (C=O) groups is 5. The summed E-state index contributed by atoms with van der Waals surface area (Å²) in [6.07, 6.45) is 6.85. The number of amides is 4. The first kappa shape index (κ1) is 29.5. The zero-order valence-corrected chi connectivity index (χ0v) is 22.6. The summed E-state index contributed by atoms with van der Waals surface area (Å²) in [5.74, 6) is -3.39. The zero-order valence-electron chi connectivity index (χ0n) is 22.6. The van der Waals surface area contributed by atoms with Crippen LogP contribution in [0.1, 0.15) is 62.4 Å². The van der Waals surface area contributed by atoms with Gasteiger partial charge in [-0.2, -0.15) is 0 Å². The number of benzene rings is 1. The maximum Gasteiger partial charge on any atom is 0.289 e. The molecule has 4 N–H and O–H groups in total. The molecule has 10 heteroatoms. The Bertz CT molecular complexity index is 1150. The summed E-state index contributed by atoms with van der Waals surface area (Å²) in [7, 11) is 0. The highest BCUT2D eigenvalue weighted by atomic mass is 16.2. The molecular weight excluding hydrogens is 498 g/mol. The molecule has 0 saturated heterocycles. The monoisotopic (exact) mass is 535 g/mol. The van der Waals surface area contributed by atoms with Gasteiger partial charge in [-0.3, -0.25) is 29.0 Å². The third-order valence-electron chi connectivity index (χ3n) is 6.76. The Kier molecular flexibility index (Phi) is 10.7. The SMILES string of the molecule is CC(NC(=O)C(Cc1ccccc1)NC(=O)c1ccncc1)C(=O)NC(C(=O)C(=O)NC1CCCC1)C(C)C. The lowest BCUT2D eigenvalue weighted by Crippen LogP contribution is -2.57. The number of aromatic nitrogens is 1. The molecule has 1 fully saturated rings. The fourth-order valence-corrected chi connectivity index (χ4v) is 4.46. The third kappa shape index (κ3) is 8.73. The summed E-state index contributed by atoms with van der Waals surface area (Å²) in [6.45, 7) is 4.96. The normalized spacial score (nSPS) is 15.6. The second-order valence-electron chi connectivity index (χ2n) is 10.2. The van der Waals surface area contributed by atoms with E-state index in [4.69, 9.17) is 0 Å². The highest BCUT2D eigenvalue weighted by Crippen LogP contribution is 2.17. The Balaban J connectivity index is 1.65. The topological polar surface area (TPSA) is 146 Å². The minimum Gasteiger partial charge on any atom is -0.347 e. The smallest absolute Gasteiger partial charge is 0.289 e. The Hall–Kier alpha value is -4.08. The molecule has 0 aliphatic heterocycles. The quantitative estimate of drug-likeness (QED) is 0.304. The van der Waals surface area contributed by atoms with E-state index in [2.05, 4.69) is 26.3 Å². The number of hydrogen-bond acceptors (Lipinski definition) is 6. The Labute approximate surface area is 228 Å². The van der Waals surface area contributed by atoms with Crippen LogP contribution in [0.25, 0.3) is 0 Å². The van der Waals surface area contributed by atoms with E-state index >= 15 is 0 Å². The predicted octanol–water partition coefficient (Wildman–Crippen LogP) is 1.70. The van der Waals surface area contributed by atoms with E-state index in [0.717, 1.165) is 31.2 Å². The first-order valence-electron chi connectivity index (χ1n) is 13.4. The van der Waals surface area contributed by atoms with Gasteiger partial charge in [0.2, 0.25) is 17.6 Å². The number of nitrogens with zero attached hydrogens (tertiary/aromatic N) is 1. The molecule has 1 aromatic heterocycles. The molecule has 1 heterocycles. The van der Waals surface area contributed by atoms with Gasteiger partial charge in [-0.25, -0.2) is 0 Å². The third-order valence-corrected chi connectivity index (χ3v) is 6.76. The number of pyridine rings is 1. The summed E-state index contributed by atoms with van der Waals surface area (Å²) < 4.78 is 0. The molecular formula is C29H37N5O5. The molecule has 3 rings (SSSR count). The molecule has 1 aromatic carbocycles. The largest absolute Gasteiger partial charge is 0.347 e. The number of Topliss-reactive ketones (excluding diaryl/α,β-unsaturated/α-hetero) is 1. The van der Waals surface area contributed by atoms with Crippen LogP contribution in [0.3, 0.4) is 0 Å². The molecule has 2 aromatic rings. The molecule has 0 bridgehead atoms. The van der Waals surface area contributed by atoms with Gasteiger partial charge in [0.1, 0.15) is 12.1 Å². The molecule has 208 valence electrons. The minimum atomic E-state index is -1.04. The lowest BCUT2D eigenvalue weighted by molar-refractivity contribution is -0.141. The maximum atomic E-state index is 13.2. The van der Waals surface area contributed by atoms with Crippen molar-refractivity contribution in [3.05, 3.63) is 66.0 Å². The molecule has 1 aliphatic rings. The van der Waals surface area contributed by atoms with Crippen molar-refractivity contribution in [2.75, 3.05) is 0 Å². The Morgan fingerprint density at radius 3 is 2.10 bits per heavy atom. The van der Waals surface area contributed by atoms with Crippen molar-refractivity contribution < 1.29 is 24.0 Å². The van der Waals surface area contributed by atoms with Gasteiger partial charge in [0, 0.05) is 30.4 Å². The second kappa shape index (κ2) is 14.2. The number of hydrogen-bond donors (Lipinski definition) is 4. The van der Waals surface area contributed by atoms with E-state index in [1.54, 1.807) is 13.8 Å². The van der Waals surface area contributed by atoms with Crippen molar-refractivity contribution in [1.82, 2.24) is 26.3 Å². The van der Waals surface area contributed by atoms with Crippen LogP contribution in [0.5, 0.6) is 0 Å². The molecule has 1 saturated carbocycles. The van der Waals surface area contributed by atoms with Crippen LogP contribution in [0.15, 0.2) is 54.9 Å².